The highest BCUT2D eigenvalue weighted by atomic mass is 79.9. The van der Waals surface area contributed by atoms with Gasteiger partial charge < -0.3 is 24.7 Å². The van der Waals surface area contributed by atoms with E-state index in [1.54, 1.807) is 36.4 Å². The van der Waals surface area contributed by atoms with Gasteiger partial charge in [0, 0.05) is 116 Å². The van der Waals surface area contributed by atoms with Crippen LogP contribution >= 0.6 is 130 Å². The first-order valence-electron chi connectivity index (χ1n) is 45.9. The summed E-state index contributed by atoms with van der Waals surface area (Å²) in [5.74, 6) is 3.52. The number of hydrogen-bond donors (Lipinski definition) is 2. The van der Waals surface area contributed by atoms with Crippen LogP contribution in [0.4, 0.5) is 10.1 Å². The van der Waals surface area contributed by atoms with Crippen molar-refractivity contribution in [2.45, 2.75) is 6.42 Å². The monoisotopic (exact) mass is 2300 g/mol. The molecule has 0 spiro atoms. The molecule has 18 aromatic carbocycles. The highest BCUT2D eigenvalue weighted by Crippen LogP contribution is 2.44. The zero-order valence-corrected chi connectivity index (χ0v) is 87.8. The maximum Gasteiger partial charge on any atom is 0.160 e. The fourth-order valence-electron chi connectivity index (χ4n) is 16.8. The van der Waals surface area contributed by atoms with Gasteiger partial charge in [-0.05, 0) is 192 Å². The smallest absolute Gasteiger partial charge is 0.160 e. The molecule has 23 aromatic rings. The standard InChI is InChI=1S/C40H25BrClN3O.C34H21Br2N3.C22H15BrN2.C13H8Br2.C6H6ClN.C6H5ClO.CH3F/c41-29-18-20-32-33-21-19-31(46-39-17-8-7-16-34(39)42)24-38(33)45(37(32)23-29)30-15-9-14-28(22-30)40-43-35(26-10-3-1-4-11-26)25-36(44-40)27-12-5-2-6-13-27;35-25-14-16-28-29-17-15-26(36)20-33(29)39(32(28)19-25)27-13-7-12-24(18-27)34-37-30(22-8-3-1-4-9-22)21-31(38-34)23-10-5-2-6-11-23;23-19-13-7-12-18(14-19)22-24-20(16-8-3-1-4-9-16)15-21(25-22)17-10-5-2-6-11-17;14-10-1-3-12-8(6-10)5-9-7-11(15)2-4-13(9)12;2*7-5-3-1-2-4-6(5)8;1-2/h1-25H;1-21H;1-15H;1-4,6-7H,5H2;1-4H,8H2;1-4,8H;1H3/i;;;;;;1D. The number of anilines is 1. The average Bonchev–Trinajstić information content (AvgIpc) is 1.58. The minimum Gasteiger partial charge on any atom is -0.506 e. The van der Waals surface area contributed by atoms with Crippen molar-refractivity contribution >= 4 is 180 Å². The van der Waals surface area contributed by atoms with Crippen LogP contribution in [0.2, 0.25) is 15.1 Å². The third kappa shape index (κ3) is 23.9. The van der Waals surface area contributed by atoms with E-state index in [1.165, 1.54) is 33.0 Å². The summed E-state index contributed by atoms with van der Waals surface area (Å²) in [6.45, 7) is 0. The molecule has 11 nitrogen and oxygen atoms in total. The summed E-state index contributed by atoms with van der Waals surface area (Å²) in [6.07, 6.45) is 1.05. The van der Waals surface area contributed by atoms with Crippen molar-refractivity contribution in [2.75, 3.05) is 12.9 Å². The van der Waals surface area contributed by atoms with Gasteiger partial charge in [0.1, 0.15) is 17.2 Å². The van der Waals surface area contributed by atoms with Crippen LogP contribution in [0.1, 0.15) is 12.5 Å². The number of nitrogens with two attached hydrogens (primary N) is 1. The van der Waals surface area contributed by atoms with E-state index < -0.39 is 7.15 Å². The molecule has 1 aliphatic rings. The summed E-state index contributed by atoms with van der Waals surface area (Å²) in [4.78, 5) is 29.8. The lowest BCUT2D eigenvalue weighted by Crippen LogP contribution is -1.98. The van der Waals surface area contributed by atoms with E-state index >= 15 is 0 Å². The van der Waals surface area contributed by atoms with Crippen molar-refractivity contribution in [1.82, 2.24) is 39.0 Å². The highest BCUT2D eigenvalue weighted by molar-refractivity contribution is 9.11. The fraction of sp³-hybridized carbons (Fsp3) is 0.0164. The molecule has 143 heavy (non-hydrogen) atoms. The SMILES string of the molecule is Brc1ccc2c(c1)Cc1cc(Br)ccc1-2.Brc1ccc2c3ccc(Br)cc3n(-c3cccc(-c4nc(-c5ccccc5)cc(-c5ccccc5)n4)c3)c2c1.Brc1cccc(-c2nc(-c3ccccc3)cc(-c3ccccc3)n2)c1.Clc1ccccc1Oc1ccc2c3ccc(Br)cc3n(-c3cccc(-c4nc(-c5ccccc5)cc(-c5ccccc5)n4)c3)c2c1.Nc1ccccc1Cl.Oc1ccccc1Cl.[2H]CF. The summed E-state index contributed by atoms with van der Waals surface area (Å²) in [7, 11) is -1.00. The number of alkyl halides is 1. The summed E-state index contributed by atoms with van der Waals surface area (Å²) in [6, 6.07) is 152. The first kappa shape index (κ1) is 97.7. The van der Waals surface area contributed by atoms with Crippen LogP contribution in [0.3, 0.4) is 0 Å². The van der Waals surface area contributed by atoms with Gasteiger partial charge in [0.2, 0.25) is 0 Å². The molecule has 698 valence electrons. The Kier molecular flexibility index (Phi) is 31.9. The number of para-hydroxylation sites is 3. The van der Waals surface area contributed by atoms with Crippen LogP contribution in [0.25, 0.3) is 168 Å². The first-order valence-corrected chi connectivity index (χ1v) is 51.1. The lowest BCUT2D eigenvalue weighted by molar-refractivity contribution is 0.475. The Balaban J connectivity index is 0.000000124. The predicted molar refractivity (Wildman–Crippen MR) is 612 cm³/mol. The Hall–Kier alpha value is -14.1. The number of rotatable bonds is 13. The molecule has 0 amide bonds. The molecule has 0 unspecified atom stereocenters. The van der Waals surface area contributed by atoms with Gasteiger partial charge in [0.15, 0.2) is 17.5 Å². The van der Waals surface area contributed by atoms with Crippen molar-refractivity contribution in [1.29, 1.82) is 0 Å². The molecule has 0 saturated heterocycles. The van der Waals surface area contributed by atoms with E-state index in [0.29, 0.717) is 43.9 Å². The number of ether oxygens (including phenoxy) is 1. The number of aromatic hydroxyl groups is 1. The average molecular weight is 2310 g/mol. The third-order valence-electron chi connectivity index (χ3n) is 23.4. The van der Waals surface area contributed by atoms with Crippen LogP contribution in [-0.2, 0) is 6.42 Å². The second-order valence-electron chi connectivity index (χ2n) is 32.8. The van der Waals surface area contributed by atoms with Gasteiger partial charge in [-0.1, -0.05) is 416 Å². The Morgan fingerprint density at radius 3 is 0.902 bits per heavy atom. The lowest BCUT2D eigenvalue weighted by Gasteiger charge is -2.13. The van der Waals surface area contributed by atoms with E-state index in [9.17, 15) is 4.39 Å². The van der Waals surface area contributed by atoms with Crippen LogP contribution in [0, 0.1) is 0 Å². The Morgan fingerprint density at radius 1 is 0.287 bits per heavy atom. The number of phenols is 1. The number of nitrogen functional groups attached to an aromatic ring is 1. The molecule has 24 rings (SSSR count). The van der Waals surface area contributed by atoms with Crippen LogP contribution in [-0.4, -0.2) is 51.3 Å². The van der Waals surface area contributed by atoms with E-state index in [1.807, 2.05) is 182 Å². The molecular formula is C122H83Br6Cl3FN9O2. The van der Waals surface area contributed by atoms with Crippen molar-refractivity contribution in [2.24, 2.45) is 0 Å². The zero-order valence-electron chi connectivity index (χ0n) is 77.0. The van der Waals surface area contributed by atoms with Gasteiger partial charge in [-0.3, -0.25) is 4.39 Å². The quantitative estimate of drug-likeness (QED) is 0.108. The summed E-state index contributed by atoms with van der Waals surface area (Å²) >= 11 is 39.1. The van der Waals surface area contributed by atoms with Crippen molar-refractivity contribution < 1.29 is 15.6 Å². The Labute approximate surface area is 894 Å². The second kappa shape index (κ2) is 46.7. The molecule has 0 radical (unpaired) electrons. The van der Waals surface area contributed by atoms with Gasteiger partial charge in [0.25, 0.3) is 0 Å². The minimum absolute atomic E-state index is 0.133. The second-order valence-corrected chi connectivity index (χ2v) is 39.5. The summed E-state index contributed by atoms with van der Waals surface area (Å²) in [5.41, 5.74) is 32.6. The number of hydrogen-bond acceptors (Lipinski definition) is 9. The maximum absolute atomic E-state index is 9.96. The first-order chi connectivity index (χ1) is 70.3. The molecule has 0 atom stereocenters. The van der Waals surface area contributed by atoms with Gasteiger partial charge in [-0.15, -0.1) is 0 Å². The van der Waals surface area contributed by atoms with E-state index in [2.05, 4.69) is 341 Å². The predicted octanol–water partition coefficient (Wildman–Crippen LogP) is 37.5. The van der Waals surface area contributed by atoms with E-state index in [0.717, 1.165) is 168 Å². The molecule has 5 aromatic heterocycles. The van der Waals surface area contributed by atoms with Gasteiger partial charge in [-0.2, -0.15) is 0 Å². The van der Waals surface area contributed by atoms with Crippen molar-refractivity contribution in [3.8, 4) is 141 Å². The molecule has 0 saturated carbocycles. The van der Waals surface area contributed by atoms with Gasteiger partial charge in [0.05, 0.1) is 85.5 Å². The van der Waals surface area contributed by atoms with E-state index in [-0.39, 0.29) is 5.75 Å². The fourth-order valence-corrected chi connectivity index (χ4v) is 19.5. The molecule has 0 fully saturated rings. The minimum atomic E-state index is -1.00. The number of aromatic nitrogens is 8. The Bertz CT molecular complexity index is 8140. The summed E-state index contributed by atoms with van der Waals surface area (Å²) < 4.78 is 32.7. The van der Waals surface area contributed by atoms with Gasteiger partial charge >= 0.3 is 0 Å². The number of halogens is 10. The zero-order chi connectivity index (χ0) is 99.5. The number of phenolic OH excluding ortho intramolecular Hbond substituents is 1. The maximum atomic E-state index is 9.96. The van der Waals surface area contributed by atoms with Crippen molar-refractivity contribution in [3.05, 3.63) is 508 Å². The normalized spacial score (nSPS) is 11.0. The lowest BCUT2D eigenvalue weighted by atomic mass is 10.1. The molecule has 21 heteroatoms. The number of nitrogens with zero attached hydrogens (tertiary/aromatic N) is 8. The topological polar surface area (TPSA) is 143 Å². The Morgan fingerprint density at radius 2 is 0.573 bits per heavy atom. The van der Waals surface area contributed by atoms with Crippen LogP contribution in [0.15, 0.2) is 482 Å². The molecule has 0 bridgehead atoms. The molecular weight excluding hydrogens is 2230 g/mol. The van der Waals surface area contributed by atoms with Gasteiger partial charge in [-0.25, -0.2) is 29.9 Å². The molecule has 1 aliphatic carbocycles. The largest absolute Gasteiger partial charge is 0.506 e. The van der Waals surface area contributed by atoms with Crippen molar-refractivity contribution in [3.63, 3.8) is 0 Å². The van der Waals surface area contributed by atoms with Crippen LogP contribution in [0.5, 0.6) is 17.2 Å². The van der Waals surface area contributed by atoms with E-state index in [4.69, 9.17) is 81.7 Å². The highest BCUT2D eigenvalue weighted by Gasteiger charge is 2.23. The molecule has 5 heterocycles. The molecule has 0 aliphatic heterocycles. The number of fused-ring (bicyclic) bond motifs is 9. The third-order valence-corrected chi connectivity index (χ3v) is 27.4. The van der Waals surface area contributed by atoms with Crippen LogP contribution < -0.4 is 10.5 Å². The summed E-state index contributed by atoms with van der Waals surface area (Å²) in [5, 5.41) is 15.0. The molecule has 3 N–H and O–H groups in total. The number of benzene rings is 18.